The van der Waals surface area contributed by atoms with Crippen LogP contribution in [0.25, 0.3) is 0 Å². The smallest absolute Gasteiger partial charge is 0.137 e. The second kappa shape index (κ2) is 5.16. The molecule has 1 unspecified atom stereocenters. The Morgan fingerprint density at radius 1 is 1.56 bits per heavy atom. The van der Waals surface area contributed by atoms with E-state index in [4.69, 9.17) is 4.74 Å². The van der Waals surface area contributed by atoms with Crippen molar-refractivity contribution in [2.75, 3.05) is 31.7 Å². The molecule has 1 aromatic rings. The van der Waals surface area contributed by atoms with Gasteiger partial charge in [-0.1, -0.05) is 0 Å². The average molecular weight is 222 g/mol. The SMILES string of the molecule is COc1ccc(N2CCCC(CO)C2)nc1. The second-order valence-electron chi connectivity index (χ2n) is 4.19. The third-order valence-electron chi connectivity index (χ3n) is 3.06. The Kier molecular flexibility index (Phi) is 3.62. The van der Waals surface area contributed by atoms with E-state index in [9.17, 15) is 5.11 Å². The van der Waals surface area contributed by atoms with Crippen molar-refractivity contribution in [1.29, 1.82) is 0 Å². The molecule has 0 radical (unpaired) electrons. The van der Waals surface area contributed by atoms with Crippen molar-refractivity contribution in [2.24, 2.45) is 5.92 Å². The van der Waals surface area contributed by atoms with Crippen molar-refractivity contribution in [3.8, 4) is 5.75 Å². The van der Waals surface area contributed by atoms with Gasteiger partial charge in [0.2, 0.25) is 0 Å². The number of ether oxygens (including phenoxy) is 1. The molecule has 4 heteroatoms. The van der Waals surface area contributed by atoms with Crippen molar-refractivity contribution < 1.29 is 9.84 Å². The fourth-order valence-corrected chi connectivity index (χ4v) is 2.10. The van der Waals surface area contributed by atoms with Crippen LogP contribution in [0.15, 0.2) is 18.3 Å². The number of methoxy groups -OCH3 is 1. The van der Waals surface area contributed by atoms with Crippen molar-refractivity contribution in [3.05, 3.63) is 18.3 Å². The number of pyridine rings is 1. The van der Waals surface area contributed by atoms with E-state index in [0.29, 0.717) is 5.92 Å². The zero-order valence-electron chi connectivity index (χ0n) is 9.59. The number of aliphatic hydroxyl groups is 1. The lowest BCUT2D eigenvalue weighted by Gasteiger charge is -2.32. The molecule has 16 heavy (non-hydrogen) atoms. The van der Waals surface area contributed by atoms with Gasteiger partial charge < -0.3 is 14.7 Å². The number of aliphatic hydroxyl groups excluding tert-OH is 1. The molecule has 0 saturated carbocycles. The summed E-state index contributed by atoms with van der Waals surface area (Å²) in [5.41, 5.74) is 0. The summed E-state index contributed by atoms with van der Waals surface area (Å²) < 4.78 is 5.08. The van der Waals surface area contributed by atoms with Gasteiger partial charge in [-0.15, -0.1) is 0 Å². The van der Waals surface area contributed by atoms with E-state index in [1.165, 1.54) is 0 Å². The molecule has 2 rings (SSSR count). The molecule has 1 atom stereocenters. The molecular weight excluding hydrogens is 204 g/mol. The third-order valence-corrected chi connectivity index (χ3v) is 3.06. The summed E-state index contributed by atoms with van der Waals surface area (Å²) in [6, 6.07) is 3.89. The molecule has 0 amide bonds. The molecule has 1 aliphatic heterocycles. The summed E-state index contributed by atoms with van der Waals surface area (Å²) in [7, 11) is 1.64. The predicted molar refractivity (Wildman–Crippen MR) is 62.8 cm³/mol. The number of hydrogen-bond acceptors (Lipinski definition) is 4. The predicted octanol–water partition coefficient (Wildman–Crippen LogP) is 1.30. The maximum absolute atomic E-state index is 9.17. The van der Waals surface area contributed by atoms with Crippen molar-refractivity contribution >= 4 is 5.82 Å². The molecule has 1 saturated heterocycles. The van der Waals surface area contributed by atoms with Gasteiger partial charge in [-0.3, -0.25) is 0 Å². The Labute approximate surface area is 95.9 Å². The van der Waals surface area contributed by atoms with Crippen LogP contribution >= 0.6 is 0 Å². The van der Waals surface area contributed by atoms with Crippen LogP contribution in [0, 0.1) is 5.92 Å². The lowest BCUT2D eigenvalue weighted by atomic mass is 9.99. The lowest BCUT2D eigenvalue weighted by Crippen LogP contribution is -2.37. The van der Waals surface area contributed by atoms with E-state index >= 15 is 0 Å². The summed E-state index contributed by atoms with van der Waals surface area (Å²) >= 11 is 0. The molecule has 0 aromatic carbocycles. The summed E-state index contributed by atoms with van der Waals surface area (Å²) in [6.45, 7) is 2.19. The zero-order valence-corrected chi connectivity index (χ0v) is 9.59. The first-order chi connectivity index (χ1) is 7.83. The van der Waals surface area contributed by atoms with Crippen LogP contribution < -0.4 is 9.64 Å². The summed E-state index contributed by atoms with van der Waals surface area (Å²) in [4.78, 5) is 6.59. The van der Waals surface area contributed by atoms with Crippen LogP contribution in [0.5, 0.6) is 5.75 Å². The highest BCUT2D eigenvalue weighted by atomic mass is 16.5. The maximum atomic E-state index is 9.17. The standard InChI is InChI=1S/C12H18N2O2/c1-16-11-4-5-12(13-7-11)14-6-2-3-10(8-14)9-15/h4-5,7,10,15H,2-3,6,8-9H2,1H3. The van der Waals surface area contributed by atoms with Crippen LogP contribution in [-0.2, 0) is 0 Å². The Balaban J connectivity index is 2.05. The number of piperidine rings is 1. The minimum absolute atomic E-state index is 0.270. The second-order valence-corrected chi connectivity index (χ2v) is 4.19. The summed E-state index contributed by atoms with van der Waals surface area (Å²) in [5, 5.41) is 9.17. The maximum Gasteiger partial charge on any atom is 0.137 e. The Hall–Kier alpha value is -1.29. The van der Waals surface area contributed by atoms with Crippen LogP contribution in [0.2, 0.25) is 0 Å². The van der Waals surface area contributed by atoms with Gasteiger partial charge in [0, 0.05) is 19.7 Å². The fourth-order valence-electron chi connectivity index (χ4n) is 2.10. The molecule has 0 aliphatic carbocycles. The number of nitrogens with zero attached hydrogens (tertiary/aromatic N) is 2. The summed E-state index contributed by atoms with van der Waals surface area (Å²) in [6.07, 6.45) is 3.97. The normalized spacial score (nSPS) is 20.9. The Morgan fingerprint density at radius 2 is 2.44 bits per heavy atom. The lowest BCUT2D eigenvalue weighted by molar-refractivity contribution is 0.208. The van der Waals surface area contributed by atoms with Crippen molar-refractivity contribution in [2.45, 2.75) is 12.8 Å². The van der Waals surface area contributed by atoms with Crippen LogP contribution in [0.3, 0.4) is 0 Å². The topological polar surface area (TPSA) is 45.6 Å². The van der Waals surface area contributed by atoms with Gasteiger partial charge in [0.15, 0.2) is 0 Å². The average Bonchev–Trinajstić information content (AvgIpc) is 2.39. The van der Waals surface area contributed by atoms with Crippen LogP contribution in [-0.4, -0.2) is 36.9 Å². The van der Waals surface area contributed by atoms with E-state index in [0.717, 1.165) is 37.5 Å². The largest absolute Gasteiger partial charge is 0.495 e. The molecule has 88 valence electrons. The van der Waals surface area contributed by atoms with Crippen LogP contribution in [0.1, 0.15) is 12.8 Å². The first-order valence-corrected chi connectivity index (χ1v) is 5.69. The van der Waals surface area contributed by atoms with Gasteiger partial charge in [-0.05, 0) is 30.9 Å². The van der Waals surface area contributed by atoms with E-state index in [1.54, 1.807) is 13.3 Å². The number of hydrogen-bond donors (Lipinski definition) is 1. The molecule has 4 nitrogen and oxygen atoms in total. The third kappa shape index (κ3) is 2.44. The molecule has 0 spiro atoms. The quantitative estimate of drug-likeness (QED) is 0.837. The minimum Gasteiger partial charge on any atom is -0.495 e. The van der Waals surface area contributed by atoms with Gasteiger partial charge in [0.05, 0.1) is 13.3 Å². The van der Waals surface area contributed by atoms with E-state index in [1.807, 2.05) is 12.1 Å². The van der Waals surface area contributed by atoms with Gasteiger partial charge in [-0.2, -0.15) is 0 Å². The van der Waals surface area contributed by atoms with E-state index < -0.39 is 0 Å². The molecule has 1 aromatic heterocycles. The fraction of sp³-hybridized carbons (Fsp3) is 0.583. The van der Waals surface area contributed by atoms with Gasteiger partial charge in [0.25, 0.3) is 0 Å². The molecule has 0 bridgehead atoms. The Bertz CT molecular complexity index is 326. The Morgan fingerprint density at radius 3 is 3.06 bits per heavy atom. The summed E-state index contributed by atoms with van der Waals surface area (Å²) in [5.74, 6) is 2.14. The highest BCUT2D eigenvalue weighted by Gasteiger charge is 2.19. The minimum atomic E-state index is 0.270. The molecule has 1 fully saturated rings. The zero-order chi connectivity index (χ0) is 11.4. The van der Waals surface area contributed by atoms with Gasteiger partial charge in [0.1, 0.15) is 11.6 Å². The number of anilines is 1. The monoisotopic (exact) mass is 222 g/mol. The first kappa shape index (κ1) is 11.2. The number of aromatic nitrogens is 1. The number of rotatable bonds is 3. The van der Waals surface area contributed by atoms with Crippen molar-refractivity contribution in [1.82, 2.24) is 4.98 Å². The molecule has 2 heterocycles. The van der Waals surface area contributed by atoms with E-state index in [2.05, 4.69) is 9.88 Å². The first-order valence-electron chi connectivity index (χ1n) is 5.69. The van der Waals surface area contributed by atoms with Gasteiger partial charge in [-0.25, -0.2) is 4.98 Å². The van der Waals surface area contributed by atoms with E-state index in [-0.39, 0.29) is 6.61 Å². The van der Waals surface area contributed by atoms with Crippen molar-refractivity contribution in [3.63, 3.8) is 0 Å². The molecule has 1 N–H and O–H groups in total. The highest BCUT2D eigenvalue weighted by Crippen LogP contribution is 2.22. The molecular formula is C12H18N2O2. The van der Waals surface area contributed by atoms with Gasteiger partial charge >= 0.3 is 0 Å². The molecule has 1 aliphatic rings. The van der Waals surface area contributed by atoms with Crippen LogP contribution in [0.4, 0.5) is 5.82 Å². The highest BCUT2D eigenvalue weighted by molar-refractivity contribution is 5.41.